The summed E-state index contributed by atoms with van der Waals surface area (Å²) in [5.41, 5.74) is 0. The minimum Gasteiger partial charge on any atom is -0.330 e. The van der Waals surface area contributed by atoms with Gasteiger partial charge in [0.05, 0.1) is 6.54 Å². The van der Waals surface area contributed by atoms with E-state index in [-0.39, 0.29) is 24.4 Å². The fourth-order valence-corrected chi connectivity index (χ4v) is 3.23. The molecule has 2 aliphatic heterocycles. The second-order valence-corrected chi connectivity index (χ2v) is 5.70. The standard InChI is InChI=1S/C13H21N3O2/c1-14-10(9-4-5-9)7-15-8-12(17)16-6-2-3-11(16)13(15)18/h9-11,14H,2-8H2,1H3. The molecular weight excluding hydrogens is 230 g/mol. The molecule has 1 saturated carbocycles. The van der Waals surface area contributed by atoms with Crippen LogP contribution in [-0.4, -0.2) is 60.4 Å². The zero-order valence-electron chi connectivity index (χ0n) is 10.9. The lowest BCUT2D eigenvalue weighted by Crippen LogP contribution is -2.59. The van der Waals surface area contributed by atoms with E-state index in [9.17, 15) is 9.59 Å². The molecule has 3 fully saturated rings. The average Bonchev–Trinajstić information content (AvgIpc) is 3.07. The van der Waals surface area contributed by atoms with Gasteiger partial charge in [0.1, 0.15) is 6.04 Å². The van der Waals surface area contributed by atoms with Crippen molar-refractivity contribution in [3.8, 4) is 0 Å². The fourth-order valence-electron chi connectivity index (χ4n) is 3.23. The Morgan fingerprint density at radius 2 is 2.11 bits per heavy atom. The van der Waals surface area contributed by atoms with Gasteiger partial charge in [-0.25, -0.2) is 0 Å². The van der Waals surface area contributed by atoms with E-state index >= 15 is 0 Å². The number of hydrogen-bond donors (Lipinski definition) is 1. The highest BCUT2D eigenvalue weighted by Crippen LogP contribution is 2.33. The molecule has 18 heavy (non-hydrogen) atoms. The molecule has 3 rings (SSSR count). The highest BCUT2D eigenvalue weighted by Gasteiger charge is 2.43. The summed E-state index contributed by atoms with van der Waals surface area (Å²) in [6, 6.07) is 0.192. The highest BCUT2D eigenvalue weighted by molar-refractivity contribution is 5.95. The SMILES string of the molecule is CNC(CN1CC(=O)N2CCCC2C1=O)C1CC1. The van der Waals surface area contributed by atoms with Gasteiger partial charge in [0.15, 0.2) is 0 Å². The van der Waals surface area contributed by atoms with E-state index in [1.165, 1.54) is 12.8 Å². The number of likely N-dealkylation sites (N-methyl/N-ethyl adjacent to an activating group) is 1. The Labute approximate surface area is 107 Å². The van der Waals surface area contributed by atoms with Crippen molar-refractivity contribution < 1.29 is 9.59 Å². The first-order chi connectivity index (χ1) is 8.70. The number of nitrogens with one attached hydrogen (secondary N) is 1. The number of hydrogen-bond acceptors (Lipinski definition) is 3. The first kappa shape index (κ1) is 12.0. The van der Waals surface area contributed by atoms with Gasteiger partial charge in [-0.3, -0.25) is 9.59 Å². The van der Waals surface area contributed by atoms with Crippen LogP contribution in [0.15, 0.2) is 0 Å². The Morgan fingerprint density at radius 1 is 1.33 bits per heavy atom. The van der Waals surface area contributed by atoms with Gasteiger partial charge in [-0.1, -0.05) is 0 Å². The molecule has 0 radical (unpaired) electrons. The maximum Gasteiger partial charge on any atom is 0.245 e. The third-order valence-corrected chi connectivity index (χ3v) is 4.47. The van der Waals surface area contributed by atoms with Crippen LogP contribution in [0.4, 0.5) is 0 Å². The third-order valence-electron chi connectivity index (χ3n) is 4.47. The average molecular weight is 251 g/mol. The van der Waals surface area contributed by atoms with Gasteiger partial charge in [0, 0.05) is 19.1 Å². The molecular formula is C13H21N3O2. The van der Waals surface area contributed by atoms with Crippen LogP contribution in [0.1, 0.15) is 25.7 Å². The first-order valence-electron chi connectivity index (χ1n) is 6.96. The van der Waals surface area contributed by atoms with E-state index in [0.717, 1.165) is 19.4 Å². The summed E-state index contributed by atoms with van der Waals surface area (Å²) in [7, 11) is 1.95. The summed E-state index contributed by atoms with van der Waals surface area (Å²) in [5, 5.41) is 3.29. The first-order valence-corrected chi connectivity index (χ1v) is 6.96. The molecule has 0 aromatic rings. The number of amides is 2. The van der Waals surface area contributed by atoms with Crippen LogP contribution < -0.4 is 5.32 Å². The second-order valence-electron chi connectivity index (χ2n) is 5.70. The molecule has 3 aliphatic rings. The second kappa shape index (κ2) is 4.53. The number of fused-ring (bicyclic) bond motifs is 1. The lowest BCUT2D eigenvalue weighted by atomic mass is 10.1. The van der Waals surface area contributed by atoms with Gasteiger partial charge in [0.25, 0.3) is 0 Å². The molecule has 0 aromatic heterocycles. The summed E-state index contributed by atoms with van der Waals surface area (Å²) in [5.74, 6) is 0.982. The van der Waals surface area contributed by atoms with Gasteiger partial charge >= 0.3 is 0 Å². The third kappa shape index (κ3) is 2.00. The van der Waals surface area contributed by atoms with Crippen molar-refractivity contribution in [2.75, 3.05) is 26.7 Å². The van der Waals surface area contributed by atoms with Crippen LogP contribution in [-0.2, 0) is 9.59 Å². The number of carbonyl (C=O) groups is 2. The summed E-state index contributed by atoms with van der Waals surface area (Å²) >= 11 is 0. The van der Waals surface area contributed by atoms with E-state index in [1.807, 2.05) is 7.05 Å². The van der Waals surface area contributed by atoms with E-state index < -0.39 is 0 Å². The maximum absolute atomic E-state index is 12.4. The molecule has 2 heterocycles. The lowest BCUT2D eigenvalue weighted by molar-refractivity contribution is -0.153. The van der Waals surface area contributed by atoms with E-state index in [0.29, 0.717) is 18.5 Å². The van der Waals surface area contributed by atoms with Gasteiger partial charge in [0.2, 0.25) is 11.8 Å². The van der Waals surface area contributed by atoms with Crippen molar-refractivity contribution in [1.29, 1.82) is 0 Å². The Kier molecular flexibility index (Phi) is 3.01. The Balaban J connectivity index is 1.68. The van der Waals surface area contributed by atoms with Crippen molar-refractivity contribution in [3.05, 3.63) is 0 Å². The quantitative estimate of drug-likeness (QED) is 0.754. The summed E-state index contributed by atoms with van der Waals surface area (Å²) in [4.78, 5) is 27.9. The lowest BCUT2D eigenvalue weighted by Gasteiger charge is -2.38. The number of carbonyl (C=O) groups excluding carboxylic acids is 2. The molecule has 1 aliphatic carbocycles. The molecule has 2 unspecified atom stereocenters. The molecule has 5 heteroatoms. The topological polar surface area (TPSA) is 52.7 Å². The molecule has 100 valence electrons. The number of piperazine rings is 1. The molecule has 5 nitrogen and oxygen atoms in total. The maximum atomic E-state index is 12.4. The number of rotatable bonds is 4. The van der Waals surface area contributed by atoms with Gasteiger partial charge in [-0.15, -0.1) is 0 Å². The number of nitrogens with zero attached hydrogens (tertiary/aromatic N) is 2. The van der Waals surface area contributed by atoms with Gasteiger partial charge in [-0.05, 0) is 38.6 Å². The smallest absolute Gasteiger partial charge is 0.245 e. The Morgan fingerprint density at radius 3 is 2.78 bits per heavy atom. The monoisotopic (exact) mass is 251 g/mol. The van der Waals surface area contributed by atoms with Crippen molar-refractivity contribution in [1.82, 2.24) is 15.1 Å². The summed E-state index contributed by atoms with van der Waals surface area (Å²) in [6.45, 7) is 1.73. The largest absolute Gasteiger partial charge is 0.330 e. The molecule has 2 saturated heterocycles. The van der Waals surface area contributed by atoms with Crippen molar-refractivity contribution in [2.24, 2.45) is 5.92 Å². The zero-order valence-corrected chi connectivity index (χ0v) is 10.9. The zero-order chi connectivity index (χ0) is 12.7. The predicted molar refractivity (Wildman–Crippen MR) is 66.9 cm³/mol. The van der Waals surface area contributed by atoms with E-state index in [2.05, 4.69) is 5.32 Å². The Hall–Kier alpha value is -1.10. The van der Waals surface area contributed by atoms with Crippen LogP contribution in [0.5, 0.6) is 0 Å². The minimum atomic E-state index is -0.164. The predicted octanol–water partition coefficient (Wildman–Crippen LogP) is -0.182. The van der Waals surface area contributed by atoms with Crippen LogP contribution in [0.3, 0.4) is 0 Å². The van der Waals surface area contributed by atoms with Gasteiger partial charge < -0.3 is 15.1 Å². The fraction of sp³-hybridized carbons (Fsp3) is 0.846. The van der Waals surface area contributed by atoms with E-state index in [1.54, 1.807) is 9.80 Å². The molecule has 2 atom stereocenters. The molecule has 2 amide bonds. The highest BCUT2D eigenvalue weighted by atomic mass is 16.2. The summed E-state index contributed by atoms with van der Waals surface area (Å²) < 4.78 is 0. The van der Waals surface area contributed by atoms with Crippen LogP contribution in [0, 0.1) is 5.92 Å². The molecule has 1 N–H and O–H groups in total. The van der Waals surface area contributed by atoms with Crippen LogP contribution in [0.2, 0.25) is 0 Å². The Bertz CT molecular complexity index is 367. The normalized spacial score (nSPS) is 29.7. The van der Waals surface area contributed by atoms with E-state index in [4.69, 9.17) is 0 Å². The summed E-state index contributed by atoms with van der Waals surface area (Å²) in [6.07, 6.45) is 4.30. The van der Waals surface area contributed by atoms with Crippen molar-refractivity contribution >= 4 is 11.8 Å². The van der Waals surface area contributed by atoms with Crippen LogP contribution >= 0.6 is 0 Å². The van der Waals surface area contributed by atoms with Crippen molar-refractivity contribution in [3.63, 3.8) is 0 Å². The minimum absolute atomic E-state index is 0.128. The molecule has 0 bridgehead atoms. The van der Waals surface area contributed by atoms with Crippen LogP contribution in [0.25, 0.3) is 0 Å². The molecule has 0 spiro atoms. The van der Waals surface area contributed by atoms with Gasteiger partial charge in [-0.2, -0.15) is 0 Å². The molecule has 0 aromatic carbocycles. The van der Waals surface area contributed by atoms with Crippen molar-refractivity contribution in [2.45, 2.75) is 37.8 Å².